The van der Waals surface area contributed by atoms with Crippen LogP contribution in [-0.4, -0.2) is 89.0 Å². The van der Waals surface area contributed by atoms with Crippen LogP contribution in [0.5, 0.6) is 0 Å². The molecule has 0 unspecified atom stereocenters. The van der Waals surface area contributed by atoms with E-state index in [4.69, 9.17) is 15.3 Å². The molecule has 0 bridgehead atoms. The maximum atomic E-state index is 10.6. The van der Waals surface area contributed by atoms with Crippen molar-refractivity contribution in [2.75, 3.05) is 45.8 Å². The van der Waals surface area contributed by atoms with E-state index in [-0.39, 0.29) is 19.6 Å². The van der Waals surface area contributed by atoms with E-state index in [1.807, 2.05) is 11.8 Å². The lowest BCUT2D eigenvalue weighted by Gasteiger charge is -2.24. The summed E-state index contributed by atoms with van der Waals surface area (Å²) in [6.07, 6.45) is -1.10. The number of amides is 1. The molecular formula is C11H21N3O6. The van der Waals surface area contributed by atoms with Gasteiger partial charge in [0.25, 0.3) is 0 Å². The van der Waals surface area contributed by atoms with Gasteiger partial charge < -0.3 is 25.5 Å². The van der Waals surface area contributed by atoms with Gasteiger partial charge in [-0.2, -0.15) is 0 Å². The number of hydrogen-bond acceptors (Lipinski definition) is 5. The SMILES string of the molecule is CCN(CCNC(=O)O)CCN(CC(=O)O)CC(=O)O. The lowest BCUT2D eigenvalue weighted by molar-refractivity contribution is -0.141. The van der Waals surface area contributed by atoms with Crippen molar-refractivity contribution >= 4 is 18.0 Å². The summed E-state index contributed by atoms with van der Waals surface area (Å²) in [6.45, 7) is 3.39. The maximum absolute atomic E-state index is 10.6. The predicted molar refractivity (Wildman–Crippen MR) is 69.9 cm³/mol. The van der Waals surface area contributed by atoms with E-state index in [0.29, 0.717) is 26.2 Å². The molecule has 20 heavy (non-hydrogen) atoms. The molecule has 0 rings (SSSR count). The van der Waals surface area contributed by atoms with Gasteiger partial charge in [-0.15, -0.1) is 0 Å². The number of hydrogen-bond donors (Lipinski definition) is 4. The molecule has 0 aromatic heterocycles. The predicted octanol–water partition coefficient (Wildman–Crippen LogP) is -0.953. The molecule has 0 aromatic carbocycles. The van der Waals surface area contributed by atoms with Crippen LogP contribution in [0.3, 0.4) is 0 Å². The monoisotopic (exact) mass is 291 g/mol. The minimum atomic E-state index is -1.10. The van der Waals surface area contributed by atoms with E-state index in [9.17, 15) is 14.4 Å². The third-order valence-corrected chi connectivity index (χ3v) is 2.60. The van der Waals surface area contributed by atoms with Crippen LogP contribution >= 0.6 is 0 Å². The molecule has 0 aliphatic heterocycles. The molecule has 9 nitrogen and oxygen atoms in total. The van der Waals surface area contributed by atoms with Crippen molar-refractivity contribution in [3.05, 3.63) is 0 Å². The van der Waals surface area contributed by atoms with E-state index in [1.165, 1.54) is 4.90 Å². The molecule has 0 saturated heterocycles. The van der Waals surface area contributed by atoms with Crippen molar-refractivity contribution in [3.8, 4) is 0 Å². The molecule has 0 atom stereocenters. The second-order valence-corrected chi connectivity index (χ2v) is 4.16. The number of likely N-dealkylation sites (N-methyl/N-ethyl adjacent to an activating group) is 1. The molecule has 1 amide bonds. The molecular weight excluding hydrogens is 270 g/mol. The summed E-state index contributed by atoms with van der Waals surface area (Å²) in [7, 11) is 0. The van der Waals surface area contributed by atoms with Gasteiger partial charge in [0.15, 0.2) is 0 Å². The highest BCUT2D eigenvalue weighted by Crippen LogP contribution is 1.93. The van der Waals surface area contributed by atoms with Crippen LogP contribution in [0.4, 0.5) is 4.79 Å². The Morgan fingerprint density at radius 2 is 1.40 bits per heavy atom. The summed E-state index contributed by atoms with van der Waals surface area (Å²) < 4.78 is 0. The summed E-state index contributed by atoms with van der Waals surface area (Å²) >= 11 is 0. The van der Waals surface area contributed by atoms with Crippen LogP contribution in [0, 0.1) is 0 Å². The standard InChI is InChI=1S/C11H21N3O6/c1-2-13(4-3-12-11(19)20)5-6-14(7-9(15)16)8-10(17)18/h12H,2-8H2,1H3,(H,15,16)(H,17,18)(H,19,20). The molecule has 9 heteroatoms. The highest BCUT2D eigenvalue weighted by molar-refractivity contribution is 5.72. The Morgan fingerprint density at radius 1 is 0.900 bits per heavy atom. The summed E-state index contributed by atoms with van der Waals surface area (Å²) in [6, 6.07) is 0. The number of nitrogens with zero attached hydrogens (tertiary/aromatic N) is 2. The first-order valence-corrected chi connectivity index (χ1v) is 6.20. The van der Waals surface area contributed by atoms with Gasteiger partial charge in [-0.3, -0.25) is 14.5 Å². The molecule has 0 spiro atoms. The van der Waals surface area contributed by atoms with Gasteiger partial charge in [0.05, 0.1) is 13.1 Å². The van der Waals surface area contributed by atoms with Crippen LogP contribution in [0.2, 0.25) is 0 Å². The third kappa shape index (κ3) is 10.1. The van der Waals surface area contributed by atoms with Crippen molar-refractivity contribution in [3.63, 3.8) is 0 Å². The number of aliphatic carboxylic acids is 2. The van der Waals surface area contributed by atoms with E-state index in [1.54, 1.807) is 0 Å². The second kappa shape index (κ2) is 9.98. The number of carbonyl (C=O) groups is 3. The first kappa shape index (κ1) is 18.1. The fourth-order valence-electron chi connectivity index (χ4n) is 1.63. The highest BCUT2D eigenvalue weighted by Gasteiger charge is 2.14. The van der Waals surface area contributed by atoms with Crippen LogP contribution < -0.4 is 5.32 Å². The molecule has 0 fully saturated rings. The first-order valence-electron chi connectivity index (χ1n) is 6.20. The number of rotatable bonds is 11. The second-order valence-electron chi connectivity index (χ2n) is 4.16. The van der Waals surface area contributed by atoms with E-state index in [0.717, 1.165) is 0 Å². The molecule has 0 radical (unpaired) electrons. The molecule has 0 saturated carbocycles. The zero-order chi connectivity index (χ0) is 15.5. The molecule has 0 aromatic rings. The average molecular weight is 291 g/mol. The maximum Gasteiger partial charge on any atom is 0.404 e. The Kier molecular flexibility index (Phi) is 9.05. The average Bonchev–Trinajstić information content (AvgIpc) is 2.31. The smallest absolute Gasteiger partial charge is 0.404 e. The summed E-state index contributed by atoms with van der Waals surface area (Å²) in [5.74, 6) is -2.16. The normalized spacial score (nSPS) is 10.8. The quantitative estimate of drug-likeness (QED) is 0.383. The van der Waals surface area contributed by atoms with Crippen LogP contribution in [-0.2, 0) is 9.59 Å². The summed E-state index contributed by atoms with van der Waals surface area (Å²) in [5, 5.41) is 28.1. The zero-order valence-electron chi connectivity index (χ0n) is 11.4. The van der Waals surface area contributed by atoms with Crippen LogP contribution in [0.25, 0.3) is 0 Å². The van der Waals surface area contributed by atoms with Gasteiger partial charge in [0.1, 0.15) is 0 Å². The first-order chi connectivity index (χ1) is 9.35. The Morgan fingerprint density at radius 3 is 1.80 bits per heavy atom. The molecule has 0 aliphatic carbocycles. The number of carboxylic acids is 2. The molecule has 4 N–H and O–H groups in total. The van der Waals surface area contributed by atoms with Crippen LogP contribution in [0.15, 0.2) is 0 Å². The van der Waals surface area contributed by atoms with E-state index >= 15 is 0 Å². The minimum absolute atomic E-state index is 0.265. The van der Waals surface area contributed by atoms with E-state index < -0.39 is 18.0 Å². The van der Waals surface area contributed by atoms with Crippen molar-refractivity contribution in [2.45, 2.75) is 6.92 Å². The molecule has 0 aliphatic rings. The lowest BCUT2D eigenvalue weighted by atomic mass is 10.4. The topological polar surface area (TPSA) is 130 Å². The Labute approximate surface area is 116 Å². The van der Waals surface area contributed by atoms with Gasteiger partial charge in [-0.25, -0.2) is 4.79 Å². The highest BCUT2D eigenvalue weighted by atomic mass is 16.4. The Bertz CT molecular complexity index is 320. The summed E-state index contributed by atoms with van der Waals surface area (Å²) in [5.41, 5.74) is 0. The fourth-order valence-corrected chi connectivity index (χ4v) is 1.63. The van der Waals surface area contributed by atoms with Gasteiger partial charge >= 0.3 is 18.0 Å². The minimum Gasteiger partial charge on any atom is -0.480 e. The molecule has 116 valence electrons. The summed E-state index contributed by atoms with van der Waals surface area (Å²) in [4.78, 5) is 34.8. The largest absolute Gasteiger partial charge is 0.480 e. The number of nitrogens with one attached hydrogen (secondary N) is 1. The number of carboxylic acid groups (broad SMARTS) is 3. The van der Waals surface area contributed by atoms with Gasteiger partial charge in [-0.1, -0.05) is 6.92 Å². The zero-order valence-corrected chi connectivity index (χ0v) is 11.4. The Balaban J connectivity index is 4.15. The fraction of sp³-hybridized carbons (Fsp3) is 0.727. The van der Waals surface area contributed by atoms with Gasteiger partial charge in [-0.05, 0) is 6.54 Å². The van der Waals surface area contributed by atoms with Crippen molar-refractivity contribution in [2.24, 2.45) is 0 Å². The van der Waals surface area contributed by atoms with Crippen molar-refractivity contribution < 1.29 is 29.7 Å². The Hall–Kier alpha value is -1.87. The van der Waals surface area contributed by atoms with Crippen LogP contribution in [0.1, 0.15) is 6.92 Å². The van der Waals surface area contributed by atoms with Crippen molar-refractivity contribution in [1.29, 1.82) is 0 Å². The van der Waals surface area contributed by atoms with Gasteiger partial charge in [0.2, 0.25) is 0 Å². The van der Waals surface area contributed by atoms with Crippen molar-refractivity contribution in [1.82, 2.24) is 15.1 Å². The lowest BCUT2D eigenvalue weighted by Crippen LogP contribution is -2.42. The van der Waals surface area contributed by atoms with Gasteiger partial charge in [0, 0.05) is 26.2 Å². The van der Waals surface area contributed by atoms with E-state index in [2.05, 4.69) is 5.32 Å². The molecule has 0 heterocycles. The third-order valence-electron chi connectivity index (χ3n) is 2.60.